The Morgan fingerprint density at radius 3 is 2.58 bits per heavy atom. The zero-order chi connectivity index (χ0) is 22.8. The van der Waals surface area contributed by atoms with Gasteiger partial charge in [-0.1, -0.05) is 18.2 Å². The van der Waals surface area contributed by atoms with Crippen molar-refractivity contribution in [3.8, 4) is 17.2 Å². The van der Waals surface area contributed by atoms with Crippen molar-refractivity contribution in [2.45, 2.75) is 33.4 Å². The largest absolute Gasteiger partial charge is 0.493 e. The van der Waals surface area contributed by atoms with E-state index in [0.29, 0.717) is 37.1 Å². The summed E-state index contributed by atoms with van der Waals surface area (Å²) in [6, 6.07) is 12.2. The number of hydrogen-bond donors (Lipinski definition) is 2. The van der Waals surface area contributed by atoms with E-state index in [9.17, 15) is 0 Å². The van der Waals surface area contributed by atoms with Gasteiger partial charge in [0.2, 0.25) is 0 Å². The van der Waals surface area contributed by atoms with Crippen molar-refractivity contribution in [2.24, 2.45) is 10.9 Å². The van der Waals surface area contributed by atoms with Crippen LogP contribution in [0, 0.1) is 12.8 Å². The second-order valence-corrected chi connectivity index (χ2v) is 7.89. The van der Waals surface area contributed by atoms with E-state index in [4.69, 9.17) is 23.9 Å². The van der Waals surface area contributed by atoms with Gasteiger partial charge in [0.05, 0.1) is 34.0 Å². The minimum Gasteiger partial charge on any atom is -0.493 e. The highest BCUT2D eigenvalue weighted by Gasteiger charge is 2.17. The molecule has 0 bridgehead atoms. The highest BCUT2D eigenvalue weighted by molar-refractivity contribution is 14.0. The molecule has 33 heavy (non-hydrogen) atoms. The number of benzene rings is 2. The Kier molecular flexibility index (Phi) is 11.6. The van der Waals surface area contributed by atoms with Gasteiger partial charge in [0.15, 0.2) is 17.5 Å². The molecule has 3 rings (SSSR count). The lowest BCUT2D eigenvalue weighted by Crippen LogP contribution is -2.36. The van der Waals surface area contributed by atoms with Crippen LogP contribution in [0.3, 0.4) is 0 Å². The van der Waals surface area contributed by atoms with Crippen LogP contribution < -0.4 is 24.8 Å². The molecule has 1 saturated heterocycles. The standard InChI is InChI=1S/C25H35N3O4.HI/c1-5-26-25(27-14-19-7-9-22(29-3)24(13-19)30-4)28-15-21-8-6-18(2)12-23(21)32-17-20-10-11-31-16-20;/h6-9,12-13,20H,5,10-11,14-17H2,1-4H3,(H2,26,27,28);1H. The number of methoxy groups -OCH3 is 2. The van der Waals surface area contributed by atoms with E-state index in [2.05, 4.69) is 42.7 Å². The van der Waals surface area contributed by atoms with Gasteiger partial charge in [-0.15, -0.1) is 24.0 Å². The van der Waals surface area contributed by atoms with Crippen molar-refractivity contribution in [3.63, 3.8) is 0 Å². The molecule has 7 nitrogen and oxygen atoms in total. The van der Waals surface area contributed by atoms with Crippen molar-refractivity contribution in [1.82, 2.24) is 10.6 Å². The maximum atomic E-state index is 6.16. The quantitative estimate of drug-likeness (QED) is 0.253. The van der Waals surface area contributed by atoms with Gasteiger partial charge in [0.25, 0.3) is 0 Å². The highest BCUT2D eigenvalue weighted by atomic mass is 127. The van der Waals surface area contributed by atoms with E-state index in [0.717, 1.165) is 49.0 Å². The van der Waals surface area contributed by atoms with E-state index in [1.54, 1.807) is 14.2 Å². The number of nitrogens with zero attached hydrogens (tertiary/aromatic N) is 1. The molecule has 0 aromatic heterocycles. The number of guanidine groups is 1. The normalized spacial score (nSPS) is 15.5. The third-order valence-electron chi connectivity index (χ3n) is 5.38. The lowest BCUT2D eigenvalue weighted by molar-refractivity contribution is 0.166. The molecule has 0 radical (unpaired) electrons. The van der Waals surface area contributed by atoms with Crippen LogP contribution in [-0.4, -0.2) is 46.5 Å². The number of halogens is 1. The number of aliphatic imine (C=N–C) groups is 1. The fourth-order valence-corrected chi connectivity index (χ4v) is 3.53. The minimum atomic E-state index is 0. The average molecular weight is 569 g/mol. The SMILES string of the molecule is CCNC(=NCc1ccc(OC)c(OC)c1)NCc1ccc(C)cc1OCC1CCOC1.I. The van der Waals surface area contributed by atoms with Crippen LogP contribution in [0.5, 0.6) is 17.2 Å². The van der Waals surface area contributed by atoms with Crippen LogP contribution in [0.1, 0.15) is 30.0 Å². The van der Waals surface area contributed by atoms with E-state index in [1.807, 2.05) is 18.2 Å². The molecule has 8 heteroatoms. The molecule has 1 heterocycles. The third kappa shape index (κ3) is 8.26. The molecule has 1 atom stereocenters. The molecular formula is C25H36IN3O4. The zero-order valence-electron chi connectivity index (χ0n) is 20.0. The molecule has 0 aliphatic carbocycles. The minimum absolute atomic E-state index is 0. The van der Waals surface area contributed by atoms with Crippen LogP contribution in [-0.2, 0) is 17.8 Å². The predicted octanol–water partition coefficient (Wildman–Crippen LogP) is 4.30. The Labute approximate surface area is 214 Å². The first-order chi connectivity index (χ1) is 15.6. The Bertz CT molecular complexity index is 901. The summed E-state index contributed by atoms with van der Waals surface area (Å²) >= 11 is 0. The summed E-state index contributed by atoms with van der Waals surface area (Å²) in [6.45, 7) is 8.35. The van der Waals surface area contributed by atoms with Crippen molar-refractivity contribution >= 4 is 29.9 Å². The monoisotopic (exact) mass is 569 g/mol. The van der Waals surface area contributed by atoms with Crippen LogP contribution >= 0.6 is 24.0 Å². The Hall–Kier alpha value is -2.20. The molecule has 2 N–H and O–H groups in total. The van der Waals surface area contributed by atoms with E-state index < -0.39 is 0 Å². The smallest absolute Gasteiger partial charge is 0.191 e. The lowest BCUT2D eigenvalue weighted by Gasteiger charge is -2.17. The molecular weight excluding hydrogens is 533 g/mol. The number of ether oxygens (including phenoxy) is 4. The Balaban J connectivity index is 0.00000385. The maximum absolute atomic E-state index is 6.16. The summed E-state index contributed by atoms with van der Waals surface area (Å²) in [7, 11) is 3.27. The average Bonchev–Trinajstić information content (AvgIpc) is 3.33. The summed E-state index contributed by atoms with van der Waals surface area (Å²) in [5.41, 5.74) is 3.32. The fraction of sp³-hybridized carbons (Fsp3) is 0.480. The first-order valence-electron chi connectivity index (χ1n) is 11.2. The molecule has 0 spiro atoms. The molecule has 1 aliphatic rings. The Morgan fingerprint density at radius 1 is 1.06 bits per heavy atom. The van der Waals surface area contributed by atoms with Gasteiger partial charge in [-0.2, -0.15) is 0 Å². The highest BCUT2D eigenvalue weighted by Crippen LogP contribution is 2.28. The molecule has 0 saturated carbocycles. The summed E-state index contributed by atoms with van der Waals surface area (Å²) in [4.78, 5) is 4.73. The van der Waals surface area contributed by atoms with Crippen molar-refractivity contribution in [2.75, 3.05) is 40.6 Å². The first kappa shape index (κ1) is 27.0. The van der Waals surface area contributed by atoms with E-state index in [1.165, 1.54) is 5.56 Å². The topological polar surface area (TPSA) is 73.3 Å². The number of aryl methyl sites for hydroxylation is 1. The Morgan fingerprint density at radius 2 is 1.88 bits per heavy atom. The second kappa shape index (κ2) is 14.1. The molecule has 182 valence electrons. The van der Waals surface area contributed by atoms with Crippen molar-refractivity contribution in [3.05, 3.63) is 53.1 Å². The summed E-state index contributed by atoms with van der Waals surface area (Å²) in [5.74, 6) is 3.54. The maximum Gasteiger partial charge on any atom is 0.191 e. The van der Waals surface area contributed by atoms with Crippen LogP contribution in [0.15, 0.2) is 41.4 Å². The molecule has 1 unspecified atom stereocenters. The molecule has 0 amide bonds. The van der Waals surface area contributed by atoms with Crippen molar-refractivity contribution in [1.29, 1.82) is 0 Å². The van der Waals surface area contributed by atoms with Crippen LogP contribution in [0.4, 0.5) is 0 Å². The number of nitrogens with one attached hydrogen (secondary N) is 2. The predicted molar refractivity (Wildman–Crippen MR) is 142 cm³/mol. The number of rotatable bonds is 10. The molecule has 2 aromatic rings. The molecule has 1 aliphatic heterocycles. The van der Waals surface area contributed by atoms with Gasteiger partial charge in [-0.25, -0.2) is 4.99 Å². The van der Waals surface area contributed by atoms with E-state index >= 15 is 0 Å². The van der Waals surface area contributed by atoms with Gasteiger partial charge in [0, 0.05) is 31.2 Å². The van der Waals surface area contributed by atoms with Gasteiger partial charge in [0.1, 0.15) is 5.75 Å². The third-order valence-corrected chi connectivity index (χ3v) is 5.38. The van der Waals surface area contributed by atoms with E-state index in [-0.39, 0.29) is 24.0 Å². The summed E-state index contributed by atoms with van der Waals surface area (Å²) in [5, 5.41) is 6.73. The first-order valence-corrected chi connectivity index (χ1v) is 11.2. The van der Waals surface area contributed by atoms with Crippen LogP contribution in [0.2, 0.25) is 0 Å². The number of hydrogen-bond acceptors (Lipinski definition) is 5. The molecule has 1 fully saturated rings. The van der Waals surface area contributed by atoms with Crippen molar-refractivity contribution < 1.29 is 18.9 Å². The van der Waals surface area contributed by atoms with Crippen LogP contribution in [0.25, 0.3) is 0 Å². The fourth-order valence-electron chi connectivity index (χ4n) is 3.53. The zero-order valence-corrected chi connectivity index (χ0v) is 22.3. The summed E-state index contributed by atoms with van der Waals surface area (Å²) < 4.78 is 22.3. The van der Waals surface area contributed by atoms with Gasteiger partial charge >= 0.3 is 0 Å². The lowest BCUT2D eigenvalue weighted by atomic mass is 10.1. The summed E-state index contributed by atoms with van der Waals surface area (Å²) in [6.07, 6.45) is 1.06. The van der Waals surface area contributed by atoms with Gasteiger partial charge in [-0.3, -0.25) is 0 Å². The van der Waals surface area contributed by atoms with Gasteiger partial charge in [-0.05, 0) is 49.6 Å². The van der Waals surface area contributed by atoms with Gasteiger partial charge < -0.3 is 29.6 Å². The molecule has 2 aromatic carbocycles. The second-order valence-electron chi connectivity index (χ2n) is 7.89.